The number of rotatable bonds is 4. The number of hydrogen-bond acceptors (Lipinski definition) is 5. The molecule has 0 saturated heterocycles. The van der Waals surface area contributed by atoms with E-state index >= 15 is 0 Å². The van der Waals surface area contributed by atoms with Gasteiger partial charge in [-0.05, 0) is 12.8 Å². The number of carbonyl (C=O) groups is 1. The van der Waals surface area contributed by atoms with E-state index in [0.717, 1.165) is 32.8 Å². The third-order valence-corrected chi connectivity index (χ3v) is 4.30. The lowest BCUT2D eigenvalue weighted by Gasteiger charge is -2.31. The monoisotopic (exact) mass is 292 g/mol. The van der Waals surface area contributed by atoms with Gasteiger partial charge in [-0.2, -0.15) is 13.1 Å². The van der Waals surface area contributed by atoms with Gasteiger partial charge in [0.2, 0.25) is 0 Å². The van der Waals surface area contributed by atoms with Gasteiger partial charge in [0.15, 0.2) is 0 Å². The molecule has 9 heteroatoms. The number of nitrogens with two attached hydrogens (primary N) is 1. The van der Waals surface area contributed by atoms with Crippen molar-refractivity contribution in [2.24, 2.45) is 5.73 Å². The molecule has 1 fully saturated rings. The van der Waals surface area contributed by atoms with E-state index in [4.69, 9.17) is 11.1 Å². The maximum Gasteiger partial charge on any atom is 0.421 e. The summed E-state index contributed by atoms with van der Waals surface area (Å²) in [6, 6.07) is 0. The summed E-state index contributed by atoms with van der Waals surface area (Å²) < 4.78 is 31.9. The number of hydrogen-bond donors (Lipinski definition) is 4. The first-order valence-electron chi connectivity index (χ1n) is 6.05. The van der Waals surface area contributed by atoms with E-state index in [0.29, 0.717) is 12.8 Å². The van der Waals surface area contributed by atoms with Crippen molar-refractivity contribution < 1.29 is 17.9 Å². The number of carbonyl (C=O) groups excluding carboxylic acids is 1. The Hall–Kier alpha value is -1.35. The molecule has 0 heterocycles. The highest BCUT2D eigenvalue weighted by molar-refractivity contribution is 7.88. The smallest absolute Gasteiger partial charge is 0.421 e. The summed E-state index contributed by atoms with van der Waals surface area (Å²) in [7, 11) is -3.04. The predicted molar refractivity (Wildman–Crippen MR) is 69.9 cm³/mol. The van der Waals surface area contributed by atoms with Gasteiger partial charge in [-0.15, -0.1) is 0 Å². The van der Waals surface area contributed by atoms with Gasteiger partial charge in [-0.1, -0.05) is 25.7 Å². The average Bonchev–Trinajstić information content (AvgIpc) is 2.54. The minimum Gasteiger partial charge on any atom is -0.452 e. The molecule has 0 bridgehead atoms. The first-order chi connectivity index (χ1) is 8.81. The Bertz CT molecular complexity index is 440. The lowest BCUT2D eigenvalue weighted by Crippen LogP contribution is -2.59. The molecule has 1 aliphatic rings. The van der Waals surface area contributed by atoms with Crippen LogP contribution in [-0.4, -0.2) is 33.0 Å². The van der Waals surface area contributed by atoms with Gasteiger partial charge in [0, 0.05) is 0 Å². The van der Waals surface area contributed by atoms with E-state index < -0.39 is 21.8 Å². The molecule has 8 nitrogen and oxygen atoms in total. The molecule has 1 saturated carbocycles. The SMILES string of the molecule is COC(=O)NS(=O)(=O)NC1(C(=N)N)CCCCCC1. The molecule has 0 aromatic rings. The van der Waals surface area contributed by atoms with Gasteiger partial charge >= 0.3 is 16.3 Å². The first-order valence-corrected chi connectivity index (χ1v) is 7.54. The minimum atomic E-state index is -4.11. The van der Waals surface area contributed by atoms with E-state index in [2.05, 4.69) is 9.46 Å². The van der Waals surface area contributed by atoms with Gasteiger partial charge in [-0.25, -0.2) is 9.52 Å². The molecule has 1 rings (SSSR count). The van der Waals surface area contributed by atoms with Crippen LogP contribution in [0.4, 0.5) is 4.79 Å². The van der Waals surface area contributed by atoms with E-state index in [1.165, 1.54) is 0 Å². The number of methoxy groups -OCH3 is 1. The summed E-state index contributed by atoms with van der Waals surface area (Å²) in [5.41, 5.74) is 4.44. The molecule has 19 heavy (non-hydrogen) atoms. The zero-order valence-corrected chi connectivity index (χ0v) is 11.7. The van der Waals surface area contributed by atoms with Crippen LogP contribution in [0.2, 0.25) is 0 Å². The molecule has 0 atom stereocenters. The van der Waals surface area contributed by atoms with Crippen LogP contribution in [0.1, 0.15) is 38.5 Å². The number of ether oxygens (including phenoxy) is 1. The first kappa shape index (κ1) is 15.7. The number of nitrogens with one attached hydrogen (secondary N) is 3. The zero-order valence-electron chi connectivity index (χ0n) is 10.9. The molecule has 1 aliphatic carbocycles. The van der Waals surface area contributed by atoms with Crippen molar-refractivity contribution in [3.63, 3.8) is 0 Å². The fourth-order valence-corrected chi connectivity index (χ4v) is 3.37. The standard InChI is InChI=1S/C10H20N4O4S/c1-18-9(15)13-19(16,17)14-10(8(11)12)6-4-2-3-5-7-10/h14H,2-7H2,1H3,(H3,11,12)(H,13,15). The van der Waals surface area contributed by atoms with Gasteiger partial charge < -0.3 is 10.5 Å². The highest BCUT2D eigenvalue weighted by atomic mass is 32.2. The third kappa shape index (κ3) is 4.35. The highest BCUT2D eigenvalue weighted by Crippen LogP contribution is 2.27. The fourth-order valence-electron chi connectivity index (χ4n) is 2.19. The lowest BCUT2D eigenvalue weighted by atomic mass is 9.90. The van der Waals surface area contributed by atoms with E-state index in [9.17, 15) is 13.2 Å². The van der Waals surface area contributed by atoms with Crippen LogP contribution in [0.3, 0.4) is 0 Å². The second kappa shape index (κ2) is 6.20. The third-order valence-electron chi connectivity index (χ3n) is 3.21. The average molecular weight is 292 g/mol. The molecule has 0 spiro atoms. The van der Waals surface area contributed by atoms with Gasteiger partial charge in [0.25, 0.3) is 0 Å². The van der Waals surface area contributed by atoms with Crippen molar-refractivity contribution in [2.45, 2.75) is 44.1 Å². The Balaban J connectivity index is 2.89. The molecule has 0 radical (unpaired) electrons. The summed E-state index contributed by atoms with van der Waals surface area (Å²) in [5, 5.41) is 7.65. The van der Waals surface area contributed by atoms with Crippen LogP contribution in [-0.2, 0) is 14.9 Å². The van der Waals surface area contributed by atoms with Gasteiger partial charge in [-0.3, -0.25) is 5.41 Å². The molecule has 0 aromatic heterocycles. The van der Waals surface area contributed by atoms with Crippen molar-refractivity contribution in [1.82, 2.24) is 9.44 Å². The summed E-state index contributed by atoms with van der Waals surface area (Å²) in [6.45, 7) is 0. The predicted octanol–water partition coefficient (Wildman–Crippen LogP) is 0.206. The summed E-state index contributed by atoms with van der Waals surface area (Å²) in [5.74, 6) is -0.232. The van der Waals surface area contributed by atoms with Crippen LogP contribution in [0.25, 0.3) is 0 Å². The Labute approximate surface area is 112 Å². The maximum atomic E-state index is 11.8. The van der Waals surface area contributed by atoms with Crippen LogP contribution in [0.5, 0.6) is 0 Å². The second-order valence-corrected chi connectivity index (χ2v) is 6.02. The normalized spacial score (nSPS) is 19.2. The van der Waals surface area contributed by atoms with E-state index in [1.807, 2.05) is 0 Å². The molecule has 1 amide bonds. The Morgan fingerprint density at radius 2 is 1.79 bits per heavy atom. The van der Waals surface area contributed by atoms with Gasteiger partial charge in [0.05, 0.1) is 12.6 Å². The van der Waals surface area contributed by atoms with Crippen LogP contribution in [0, 0.1) is 5.41 Å². The molecular weight excluding hydrogens is 272 g/mol. The quantitative estimate of drug-likeness (QED) is 0.334. The van der Waals surface area contributed by atoms with Crippen LogP contribution >= 0.6 is 0 Å². The topological polar surface area (TPSA) is 134 Å². The van der Waals surface area contributed by atoms with E-state index in [-0.39, 0.29) is 5.84 Å². The largest absolute Gasteiger partial charge is 0.452 e. The van der Waals surface area contributed by atoms with Crippen molar-refractivity contribution in [3.05, 3.63) is 0 Å². The number of amidine groups is 1. The molecule has 0 aliphatic heterocycles. The summed E-state index contributed by atoms with van der Waals surface area (Å²) >= 11 is 0. The molecule has 5 N–H and O–H groups in total. The zero-order chi connectivity index (χ0) is 14.5. The maximum absolute atomic E-state index is 11.8. The highest BCUT2D eigenvalue weighted by Gasteiger charge is 2.38. The van der Waals surface area contributed by atoms with Crippen molar-refractivity contribution in [3.8, 4) is 0 Å². The second-order valence-electron chi connectivity index (χ2n) is 4.61. The molecule has 0 unspecified atom stereocenters. The Kier molecular flexibility index (Phi) is 5.12. The Morgan fingerprint density at radius 3 is 2.21 bits per heavy atom. The lowest BCUT2D eigenvalue weighted by molar-refractivity contribution is 0.177. The van der Waals surface area contributed by atoms with Crippen LogP contribution in [0.15, 0.2) is 0 Å². The fraction of sp³-hybridized carbons (Fsp3) is 0.800. The number of amides is 1. The minimum absolute atomic E-state index is 0.232. The van der Waals surface area contributed by atoms with Crippen molar-refractivity contribution in [2.75, 3.05) is 7.11 Å². The Morgan fingerprint density at radius 1 is 1.26 bits per heavy atom. The van der Waals surface area contributed by atoms with Crippen molar-refractivity contribution >= 4 is 22.1 Å². The van der Waals surface area contributed by atoms with Crippen LogP contribution < -0.4 is 15.2 Å². The summed E-state index contributed by atoms with van der Waals surface area (Å²) in [6.07, 6.45) is 3.32. The van der Waals surface area contributed by atoms with Gasteiger partial charge in [0.1, 0.15) is 5.84 Å². The molecule has 0 aromatic carbocycles. The molecular formula is C10H20N4O4S. The van der Waals surface area contributed by atoms with Crippen molar-refractivity contribution in [1.29, 1.82) is 5.41 Å². The summed E-state index contributed by atoms with van der Waals surface area (Å²) in [4.78, 5) is 11.0. The van der Waals surface area contributed by atoms with E-state index in [1.54, 1.807) is 4.72 Å². The molecule has 110 valence electrons.